The fraction of sp³-hybridized carbons (Fsp3) is 0.900. The van der Waals surface area contributed by atoms with Gasteiger partial charge in [-0.15, -0.1) is 0 Å². The number of rotatable bonds is 0. The molecule has 3 fully saturated rings. The lowest BCUT2D eigenvalue weighted by atomic mass is 9.81. The van der Waals surface area contributed by atoms with E-state index in [0.717, 1.165) is 12.3 Å². The summed E-state index contributed by atoms with van der Waals surface area (Å²) in [5.74, 6) is 1.78. The molecule has 12 heavy (non-hydrogen) atoms. The highest BCUT2D eigenvalue weighted by atomic mass is 16.5. The Kier molecular flexibility index (Phi) is 1.24. The molecule has 2 aliphatic carbocycles. The molecule has 3 atom stereocenters. The van der Waals surface area contributed by atoms with Crippen LogP contribution in [-0.2, 0) is 9.53 Å². The van der Waals surface area contributed by atoms with Crippen LogP contribution in [0.3, 0.4) is 0 Å². The van der Waals surface area contributed by atoms with E-state index in [0.29, 0.717) is 24.7 Å². The first-order valence-corrected chi connectivity index (χ1v) is 4.98. The van der Waals surface area contributed by atoms with Crippen LogP contribution in [0.1, 0.15) is 32.1 Å². The molecule has 66 valence electrons. The Morgan fingerprint density at radius 1 is 1.42 bits per heavy atom. The summed E-state index contributed by atoms with van der Waals surface area (Å²) in [6.07, 6.45) is 5.53. The van der Waals surface area contributed by atoms with Crippen LogP contribution in [0.5, 0.6) is 0 Å². The van der Waals surface area contributed by atoms with E-state index in [9.17, 15) is 4.79 Å². The molecule has 2 saturated carbocycles. The minimum Gasteiger partial charge on any atom is -0.366 e. The molecule has 1 aliphatic heterocycles. The summed E-state index contributed by atoms with van der Waals surface area (Å²) in [7, 11) is 0. The van der Waals surface area contributed by atoms with E-state index in [-0.39, 0.29) is 5.60 Å². The van der Waals surface area contributed by atoms with E-state index < -0.39 is 0 Å². The minimum atomic E-state index is -0.275. The summed E-state index contributed by atoms with van der Waals surface area (Å²) >= 11 is 0. The van der Waals surface area contributed by atoms with Gasteiger partial charge in [0.1, 0.15) is 5.60 Å². The lowest BCUT2D eigenvalue weighted by Crippen LogP contribution is -2.41. The van der Waals surface area contributed by atoms with Crippen LogP contribution in [0, 0.1) is 11.8 Å². The Bertz CT molecular complexity index is 236. The van der Waals surface area contributed by atoms with Crippen molar-refractivity contribution in [3.63, 3.8) is 0 Å². The van der Waals surface area contributed by atoms with Crippen LogP contribution in [0.15, 0.2) is 0 Å². The van der Waals surface area contributed by atoms with E-state index in [2.05, 4.69) is 0 Å². The smallest absolute Gasteiger partial charge is 0.167 e. The van der Waals surface area contributed by atoms with Gasteiger partial charge in [0.15, 0.2) is 5.78 Å². The molecule has 3 unspecified atom stereocenters. The van der Waals surface area contributed by atoms with Gasteiger partial charge in [-0.3, -0.25) is 4.79 Å². The van der Waals surface area contributed by atoms with Gasteiger partial charge in [0.2, 0.25) is 0 Å². The third kappa shape index (κ3) is 0.674. The molecular formula is C10H14O2. The molecule has 1 spiro atoms. The maximum Gasteiger partial charge on any atom is 0.167 e. The monoisotopic (exact) mass is 166 g/mol. The number of hydrogen-bond donors (Lipinski definition) is 0. The molecule has 0 radical (unpaired) electrons. The van der Waals surface area contributed by atoms with Gasteiger partial charge in [0.25, 0.3) is 0 Å². The SMILES string of the molecule is O=C1CCOC12CC1CCC2C1. The van der Waals surface area contributed by atoms with Gasteiger partial charge in [0, 0.05) is 6.42 Å². The molecule has 2 heteroatoms. The van der Waals surface area contributed by atoms with Gasteiger partial charge in [0.05, 0.1) is 6.61 Å². The summed E-state index contributed by atoms with van der Waals surface area (Å²) in [6.45, 7) is 0.683. The molecule has 3 rings (SSSR count). The summed E-state index contributed by atoms with van der Waals surface area (Å²) in [5.41, 5.74) is -0.275. The number of carbonyl (C=O) groups excluding carboxylic acids is 1. The number of ketones is 1. The van der Waals surface area contributed by atoms with Crippen LogP contribution < -0.4 is 0 Å². The molecule has 0 aromatic heterocycles. The second-order valence-electron chi connectivity index (χ2n) is 4.49. The second kappa shape index (κ2) is 2.11. The predicted octanol–water partition coefficient (Wildman–Crippen LogP) is 1.53. The Labute approximate surface area is 72.3 Å². The molecule has 0 aromatic carbocycles. The van der Waals surface area contributed by atoms with Crippen molar-refractivity contribution in [3.05, 3.63) is 0 Å². The zero-order chi connectivity index (χ0) is 8.18. The summed E-state index contributed by atoms with van der Waals surface area (Å²) in [5, 5.41) is 0. The fourth-order valence-electron chi connectivity index (χ4n) is 3.42. The lowest BCUT2D eigenvalue weighted by Gasteiger charge is -2.30. The largest absolute Gasteiger partial charge is 0.366 e. The van der Waals surface area contributed by atoms with Gasteiger partial charge < -0.3 is 4.74 Å². The zero-order valence-corrected chi connectivity index (χ0v) is 7.21. The number of fused-ring (bicyclic) bond motifs is 3. The molecule has 1 heterocycles. The van der Waals surface area contributed by atoms with E-state index in [4.69, 9.17) is 4.74 Å². The maximum absolute atomic E-state index is 11.7. The quantitative estimate of drug-likeness (QED) is 0.545. The van der Waals surface area contributed by atoms with Gasteiger partial charge in [-0.2, -0.15) is 0 Å². The van der Waals surface area contributed by atoms with Crippen LogP contribution in [0.2, 0.25) is 0 Å². The van der Waals surface area contributed by atoms with Crippen molar-refractivity contribution in [3.8, 4) is 0 Å². The Hall–Kier alpha value is -0.370. The lowest BCUT2D eigenvalue weighted by molar-refractivity contribution is -0.137. The molecule has 2 bridgehead atoms. The first kappa shape index (κ1) is 7.07. The van der Waals surface area contributed by atoms with E-state index in [1.165, 1.54) is 19.3 Å². The molecule has 2 nitrogen and oxygen atoms in total. The van der Waals surface area contributed by atoms with Gasteiger partial charge in [-0.05, 0) is 37.5 Å². The maximum atomic E-state index is 11.7. The predicted molar refractivity (Wildman–Crippen MR) is 43.8 cm³/mol. The molecule has 0 amide bonds. The highest BCUT2D eigenvalue weighted by Gasteiger charge is 2.58. The van der Waals surface area contributed by atoms with Gasteiger partial charge in [-0.1, -0.05) is 0 Å². The van der Waals surface area contributed by atoms with E-state index in [1.54, 1.807) is 0 Å². The van der Waals surface area contributed by atoms with Crippen molar-refractivity contribution in [2.24, 2.45) is 11.8 Å². The summed E-state index contributed by atoms with van der Waals surface area (Å²) in [4.78, 5) is 11.7. The fourth-order valence-corrected chi connectivity index (χ4v) is 3.42. The third-order valence-electron chi connectivity index (χ3n) is 3.95. The molecule has 0 N–H and O–H groups in total. The Morgan fingerprint density at radius 2 is 2.33 bits per heavy atom. The van der Waals surface area contributed by atoms with Crippen LogP contribution in [0.25, 0.3) is 0 Å². The van der Waals surface area contributed by atoms with Crippen molar-refractivity contribution in [1.82, 2.24) is 0 Å². The minimum absolute atomic E-state index is 0.275. The number of carbonyl (C=O) groups is 1. The summed E-state index contributed by atoms with van der Waals surface area (Å²) in [6, 6.07) is 0. The van der Waals surface area contributed by atoms with Crippen molar-refractivity contribution >= 4 is 5.78 Å². The third-order valence-corrected chi connectivity index (χ3v) is 3.95. The Morgan fingerprint density at radius 3 is 2.83 bits per heavy atom. The van der Waals surface area contributed by atoms with Crippen molar-refractivity contribution in [2.45, 2.75) is 37.7 Å². The molecular weight excluding hydrogens is 152 g/mol. The number of hydrogen-bond acceptors (Lipinski definition) is 2. The van der Waals surface area contributed by atoms with Crippen LogP contribution >= 0.6 is 0 Å². The Balaban J connectivity index is 1.96. The topological polar surface area (TPSA) is 26.3 Å². The summed E-state index contributed by atoms with van der Waals surface area (Å²) < 4.78 is 5.70. The number of ether oxygens (including phenoxy) is 1. The average molecular weight is 166 g/mol. The zero-order valence-electron chi connectivity index (χ0n) is 7.21. The normalized spacial score (nSPS) is 51.2. The highest BCUT2D eigenvalue weighted by Crippen LogP contribution is 2.54. The second-order valence-corrected chi connectivity index (χ2v) is 4.49. The van der Waals surface area contributed by atoms with Crippen molar-refractivity contribution in [1.29, 1.82) is 0 Å². The van der Waals surface area contributed by atoms with Gasteiger partial charge >= 0.3 is 0 Å². The van der Waals surface area contributed by atoms with Gasteiger partial charge in [-0.25, -0.2) is 0 Å². The highest BCUT2D eigenvalue weighted by molar-refractivity contribution is 5.90. The van der Waals surface area contributed by atoms with E-state index >= 15 is 0 Å². The van der Waals surface area contributed by atoms with Crippen LogP contribution in [0.4, 0.5) is 0 Å². The molecule has 1 saturated heterocycles. The van der Waals surface area contributed by atoms with Crippen LogP contribution in [-0.4, -0.2) is 18.0 Å². The molecule has 0 aromatic rings. The average Bonchev–Trinajstić information content (AvgIpc) is 2.69. The van der Waals surface area contributed by atoms with Crippen molar-refractivity contribution < 1.29 is 9.53 Å². The number of Topliss-reactive ketones (excluding diaryl/α,β-unsaturated/α-hetero) is 1. The van der Waals surface area contributed by atoms with Crippen molar-refractivity contribution in [2.75, 3.05) is 6.61 Å². The molecule has 3 aliphatic rings. The first-order chi connectivity index (χ1) is 5.81. The van der Waals surface area contributed by atoms with E-state index in [1.807, 2.05) is 0 Å². The standard InChI is InChI=1S/C10H14O2/c11-9-3-4-12-10(9)6-7-1-2-8(10)5-7/h7-8H,1-6H2. The first-order valence-electron chi connectivity index (χ1n) is 4.98.